The van der Waals surface area contributed by atoms with Crippen molar-refractivity contribution in [2.75, 3.05) is 0 Å². The molecule has 0 N–H and O–H groups in total. The lowest BCUT2D eigenvalue weighted by Gasteiger charge is -2.12. The van der Waals surface area contributed by atoms with Gasteiger partial charge in [-0.25, -0.2) is 15.0 Å². The highest BCUT2D eigenvalue weighted by atomic mass is 32.1. The number of hydrogen-bond acceptors (Lipinski definition) is 5. The molecule has 12 rings (SSSR count). The van der Waals surface area contributed by atoms with Crippen LogP contribution in [-0.4, -0.2) is 15.0 Å². The lowest BCUT2D eigenvalue weighted by atomic mass is 9.92. The van der Waals surface area contributed by atoms with Gasteiger partial charge in [0.25, 0.3) is 0 Å². The molecule has 0 bridgehead atoms. The summed E-state index contributed by atoms with van der Waals surface area (Å²) in [5.41, 5.74) is 5.32. The highest BCUT2D eigenvalue weighted by Gasteiger charge is 2.19. The average Bonchev–Trinajstić information content (AvgIpc) is 3.84. The van der Waals surface area contributed by atoms with Gasteiger partial charge in [0.2, 0.25) is 0 Å². The Bertz CT molecular complexity index is 3510. The van der Waals surface area contributed by atoms with E-state index in [1.54, 1.807) is 11.3 Å². The molecule has 0 spiro atoms. The minimum absolute atomic E-state index is 0.662. The molecule has 0 saturated heterocycles. The summed E-state index contributed by atoms with van der Waals surface area (Å²) in [6, 6.07) is 63.3. The standard InChI is InChI=1S/C51H29N3S2/c1-2-11-30(12-3-1)49-52-50(33-22-25-40-39-17-8-9-19-44(39)56-47(40)29-33)54-51(53-49)41-18-10-20-46-48(41)43-28-32(23-26-45(43)55-46)31-21-24-38-36-15-5-4-13-34(36)35-14-6-7-16-37(35)42(38)27-31/h1-29H. The fourth-order valence-corrected chi connectivity index (χ4v) is 10.7. The topological polar surface area (TPSA) is 38.7 Å². The molecular formula is C51H29N3S2. The van der Waals surface area contributed by atoms with E-state index in [-0.39, 0.29) is 0 Å². The third-order valence-corrected chi connectivity index (χ3v) is 13.4. The van der Waals surface area contributed by atoms with Gasteiger partial charge in [-0.1, -0.05) is 140 Å². The van der Waals surface area contributed by atoms with E-state index in [0.29, 0.717) is 17.5 Å². The summed E-state index contributed by atoms with van der Waals surface area (Å²) in [6.07, 6.45) is 0. The molecular weight excluding hydrogens is 719 g/mol. The molecule has 0 unspecified atom stereocenters. The maximum atomic E-state index is 5.25. The Hall–Kier alpha value is -6.79. The van der Waals surface area contributed by atoms with Crippen LogP contribution in [0.5, 0.6) is 0 Å². The summed E-state index contributed by atoms with van der Waals surface area (Å²) < 4.78 is 4.95. The fraction of sp³-hybridized carbons (Fsp3) is 0. The average molecular weight is 748 g/mol. The van der Waals surface area contributed by atoms with E-state index in [4.69, 9.17) is 15.0 Å². The van der Waals surface area contributed by atoms with Crippen LogP contribution in [0.3, 0.4) is 0 Å². The molecule has 0 fully saturated rings. The molecule has 0 aliphatic carbocycles. The smallest absolute Gasteiger partial charge is 0.164 e. The predicted octanol–water partition coefficient (Wildman–Crippen LogP) is 14.7. The van der Waals surface area contributed by atoms with E-state index in [2.05, 4.69) is 158 Å². The molecule has 0 radical (unpaired) electrons. The van der Waals surface area contributed by atoms with Gasteiger partial charge in [-0.15, -0.1) is 22.7 Å². The normalized spacial score (nSPS) is 11.9. The van der Waals surface area contributed by atoms with Crippen molar-refractivity contribution in [2.24, 2.45) is 0 Å². The van der Waals surface area contributed by atoms with Crippen LogP contribution in [0.15, 0.2) is 176 Å². The van der Waals surface area contributed by atoms with Gasteiger partial charge < -0.3 is 0 Å². The Kier molecular flexibility index (Phi) is 6.97. The van der Waals surface area contributed by atoms with Gasteiger partial charge in [-0.05, 0) is 79.8 Å². The molecule has 3 aromatic heterocycles. The zero-order valence-electron chi connectivity index (χ0n) is 29.9. The SMILES string of the molecule is c1ccc(-c2nc(-c3ccc4c(c3)sc3ccccc34)nc(-c3cccc4sc5ccc(-c6ccc7c8ccccc8c8ccccc8c7c6)cc5c34)n2)cc1. The molecule has 3 heterocycles. The van der Waals surface area contributed by atoms with Crippen molar-refractivity contribution in [3.63, 3.8) is 0 Å². The van der Waals surface area contributed by atoms with Crippen molar-refractivity contribution < 1.29 is 0 Å². The first-order valence-corrected chi connectivity index (χ1v) is 20.4. The van der Waals surface area contributed by atoms with Crippen LogP contribution in [0.1, 0.15) is 0 Å². The third kappa shape index (κ3) is 4.92. The zero-order chi connectivity index (χ0) is 36.7. The van der Waals surface area contributed by atoms with Crippen LogP contribution < -0.4 is 0 Å². The third-order valence-electron chi connectivity index (χ3n) is 11.1. The molecule has 0 amide bonds. The Morgan fingerprint density at radius 1 is 0.268 bits per heavy atom. The highest BCUT2D eigenvalue weighted by molar-refractivity contribution is 7.26. The van der Waals surface area contributed by atoms with Gasteiger partial charge in [-0.3, -0.25) is 0 Å². The van der Waals surface area contributed by atoms with Crippen LogP contribution in [0.2, 0.25) is 0 Å². The van der Waals surface area contributed by atoms with Gasteiger partial charge in [-0.2, -0.15) is 0 Å². The first-order chi connectivity index (χ1) is 27.7. The van der Waals surface area contributed by atoms with Crippen molar-refractivity contribution in [1.29, 1.82) is 0 Å². The molecule has 0 aliphatic heterocycles. The number of rotatable bonds is 4. The van der Waals surface area contributed by atoms with Gasteiger partial charge >= 0.3 is 0 Å². The second kappa shape index (κ2) is 12.4. The summed E-state index contributed by atoms with van der Waals surface area (Å²) in [5, 5.41) is 12.6. The van der Waals surface area contributed by atoms with E-state index < -0.39 is 0 Å². The molecule has 260 valence electrons. The number of fused-ring (bicyclic) bond motifs is 12. The van der Waals surface area contributed by atoms with Crippen molar-refractivity contribution >= 4 is 95.3 Å². The molecule has 56 heavy (non-hydrogen) atoms. The van der Waals surface area contributed by atoms with Crippen molar-refractivity contribution in [1.82, 2.24) is 15.0 Å². The molecule has 0 aliphatic rings. The van der Waals surface area contributed by atoms with Crippen molar-refractivity contribution in [3.8, 4) is 45.3 Å². The van der Waals surface area contributed by atoms with Crippen LogP contribution in [0.25, 0.3) is 118 Å². The molecule has 0 atom stereocenters. The van der Waals surface area contributed by atoms with Crippen molar-refractivity contribution in [3.05, 3.63) is 176 Å². The minimum Gasteiger partial charge on any atom is -0.208 e. The molecule has 0 saturated carbocycles. The first kappa shape index (κ1) is 31.5. The zero-order valence-corrected chi connectivity index (χ0v) is 31.5. The highest BCUT2D eigenvalue weighted by Crippen LogP contribution is 2.43. The van der Waals surface area contributed by atoms with E-state index in [1.165, 1.54) is 83.8 Å². The second-order valence-corrected chi connectivity index (χ2v) is 16.5. The van der Waals surface area contributed by atoms with E-state index in [1.807, 2.05) is 29.5 Å². The molecule has 5 heteroatoms. The fourth-order valence-electron chi connectivity index (χ4n) is 8.49. The number of benzene rings is 9. The Labute approximate surface area is 329 Å². The number of aromatic nitrogens is 3. The molecule has 9 aromatic carbocycles. The largest absolute Gasteiger partial charge is 0.208 e. The summed E-state index contributed by atoms with van der Waals surface area (Å²) >= 11 is 3.62. The summed E-state index contributed by atoms with van der Waals surface area (Å²) in [4.78, 5) is 15.5. The lowest BCUT2D eigenvalue weighted by molar-refractivity contribution is 1.08. The van der Waals surface area contributed by atoms with Gasteiger partial charge in [0, 0.05) is 57.0 Å². The monoisotopic (exact) mass is 747 g/mol. The van der Waals surface area contributed by atoms with Crippen molar-refractivity contribution in [2.45, 2.75) is 0 Å². The first-order valence-electron chi connectivity index (χ1n) is 18.8. The van der Waals surface area contributed by atoms with Crippen LogP contribution in [0.4, 0.5) is 0 Å². The summed E-state index contributed by atoms with van der Waals surface area (Å²) in [7, 11) is 0. The quantitative estimate of drug-likeness (QED) is 0.168. The Balaban J connectivity index is 1.05. The van der Waals surface area contributed by atoms with Crippen LogP contribution >= 0.6 is 22.7 Å². The second-order valence-electron chi connectivity index (χ2n) is 14.3. The Morgan fingerprint density at radius 3 is 1.54 bits per heavy atom. The number of nitrogens with zero attached hydrogens (tertiary/aromatic N) is 3. The van der Waals surface area contributed by atoms with Crippen LogP contribution in [0, 0.1) is 0 Å². The molecule has 12 aromatic rings. The molecule has 3 nitrogen and oxygen atoms in total. The van der Waals surface area contributed by atoms with Gasteiger partial charge in [0.1, 0.15) is 0 Å². The van der Waals surface area contributed by atoms with E-state index in [0.717, 1.165) is 16.7 Å². The van der Waals surface area contributed by atoms with Crippen LogP contribution in [-0.2, 0) is 0 Å². The van der Waals surface area contributed by atoms with E-state index in [9.17, 15) is 0 Å². The maximum absolute atomic E-state index is 5.25. The van der Waals surface area contributed by atoms with Gasteiger partial charge in [0.05, 0.1) is 0 Å². The minimum atomic E-state index is 0.662. The summed E-state index contributed by atoms with van der Waals surface area (Å²) in [6.45, 7) is 0. The lowest BCUT2D eigenvalue weighted by Crippen LogP contribution is -2.00. The van der Waals surface area contributed by atoms with Gasteiger partial charge in [0.15, 0.2) is 17.5 Å². The summed E-state index contributed by atoms with van der Waals surface area (Å²) in [5.74, 6) is 2.00. The Morgan fingerprint density at radius 2 is 0.768 bits per heavy atom. The predicted molar refractivity (Wildman–Crippen MR) is 240 cm³/mol. The number of hydrogen-bond donors (Lipinski definition) is 0. The van der Waals surface area contributed by atoms with E-state index >= 15 is 0 Å². The maximum Gasteiger partial charge on any atom is 0.164 e. The number of thiophene rings is 2.